The van der Waals surface area contributed by atoms with Crippen molar-refractivity contribution in [3.05, 3.63) is 24.3 Å². The Hall–Kier alpha value is -1.34. The Balaban J connectivity index is 1.85. The zero-order valence-corrected chi connectivity index (χ0v) is 13.2. The van der Waals surface area contributed by atoms with E-state index in [-0.39, 0.29) is 18.1 Å². The zero-order valence-electron chi connectivity index (χ0n) is 12.3. The molecule has 0 saturated heterocycles. The summed E-state index contributed by atoms with van der Waals surface area (Å²) in [4.78, 5) is 14.1. The average Bonchev–Trinajstić information content (AvgIpc) is 2.86. The topological polar surface area (TPSA) is 52.6 Å². The predicted octanol–water partition coefficient (Wildman–Crippen LogP) is 3.63. The largest absolute Gasteiger partial charge is 0.393 e. The van der Waals surface area contributed by atoms with Crippen LogP contribution in [0.15, 0.2) is 29.2 Å². The summed E-state index contributed by atoms with van der Waals surface area (Å²) >= 11 is 0.470. The van der Waals surface area contributed by atoms with Gasteiger partial charge in [-0.2, -0.15) is 8.78 Å². The van der Waals surface area contributed by atoms with Crippen LogP contribution in [0, 0.1) is 5.92 Å². The van der Waals surface area contributed by atoms with Crippen molar-refractivity contribution in [1.29, 1.82) is 0 Å². The fourth-order valence-corrected chi connectivity index (χ4v) is 3.10. The number of halogens is 2. The number of anilines is 1. The van der Waals surface area contributed by atoms with Gasteiger partial charge >= 0.3 is 6.03 Å². The third-order valence-corrected chi connectivity index (χ3v) is 4.53. The number of benzene rings is 1. The molecule has 1 fully saturated rings. The van der Waals surface area contributed by atoms with E-state index < -0.39 is 5.76 Å². The monoisotopic (exact) mass is 330 g/mol. The predicted molar refractivity (Wildman–Crippen MR) is 83.3 cm³/mol. The molecule has 1 saturated carbocycles. The maximum absolute atomic E-state index is 12.2. The highest BCUT2D eigenvalue weighted by Gasteiger charge is 2.27. The Kier molecular flexibility index (Phi) is 6.02. The molecule has 7 heteroatoms. The molecule has 2 N–H and O–H groups in total. The summed E-state index contributed by atoms with van der Waals surface area (Å²) in [7, 11) is 1.68. The van der Waals surface area contributed by atoms with Crippen LogP contribution < -0.4 is 5.32 Å². The number of nitrogens with zero attached hydrogens (tertiary/aromatic N) is 1. The molecule has 0 unspecified atom stereocenters. The summed E-state index contributed by atoms with van der Waals surface area (Å²) in [5, 5.41) is 12.5. The minimum absolute atomic E-state index is 0.126. The van der Waals surface area contributed by atoms with Gasteiger partial charge in [-0.05, 0) is 37.1 Å². The summed E-state index contributed by atoms with van der Waals surface area (Å²) in [5.41, 5.74) is 0.558. The Morgan fingerprint density at radius 3 is 2.64 bits per heavy atom. The molecule has 1 aliphatic carbocycles. The molecule has 1 aromatic rings. The van der Waals surface area contributed by atoms with Crippen LogP contribution in [-0.2, 0) is 0 Å². The lowest BCUT2D eigenvalue weighted by molar-refractivity contribution is 0.116. The number of thioether (sulfide) groups is 1. The molecular formula is C15H20F2N2O2S. The first-order valence-corrected chi connectivity index (χ1v) is 8.08. The second kappa shape index (κ2) is 7.78. The standard InChI is InChI=1S/C15H20F2N2O2S/c1-19(9-10-3-2-4-13(10)20)15(21)18-11-5-7-12(8-6-11)22-14(16)17/h5-8,10,13-14,20H,2-4,9H2,1H3,(H,18,21)/t10-,13-/m0/s1. The molecule has 0 aromatic heterocycles. The molecule has 122 valence electrons. The minimum Gasteiger partial charge on any atom is -0.393 e. The van der Waals surface area contributed by atoms with Crippen LogP contribution in [0.2, 0.25) is 0 Å². The molecule has 0 radical (unpaired) electrons. The van der Waals surface area contributed by atoms with Crippen LogP contribution in [0.25, 0.3) is 0 Å². The van der Waals surface area contributed by atoms with Crippen molar-refractivity contribution >= 4 is 23.5 Å². The first-order valence-electron chi connectivity index (χ1n) is 7.21. The first kappa shape index (κ1) is 17.0. The molecule has 0 bridgehead atoms. The molecule has 22 heavy (non-hydrogen) atoms. The van der Waals surface area contributed by atoms with Crippen LogP contribution in [0.5, 0.6) is 0 Å². The molecule has 0 heterocycles. The number of hydrogen-bond acceptors (Lipinski definition) is 3. The number of amides is 2. The van der Waals surface area contributed by atoms with E-state index in [1.165, 1.54) is 0 Å². The van der Waals surface area contributed by atoms with E-state index in [9.17, 15) is 18.7 Å². The van der Waals surface area contributed by atoms with E-state index in [0.29, 0.717) is 28.9 Å². The Bertz CT molecular complexity index is 499. The Morgan fingerprint density at radius 1 is 1.41 bits per heavy atom. The minimum atomic E-state index is -2.45. The van der Waals surface area contributed by atoms with Crippen LogP contribution in [0.4, 0.5) is 19.3 Å². The number of urea groups is 1. The van der Waals surface area contributed by atoms with E-state index in [1.807, 2.05) is 0 Å². The molecule has 1 aliphatic rings. The highest BCUT2D eigenvalue weighted by molar-refractivity contribution is 7.99. The number of carbonyl (C=O) groups is 1. The van der Waals surface area contributed by atoms with Crippen molar-refractivity contribution in [2.75, 3.05) is 18.9 Å². The summed E-state index contributed by atoms with van der Waals surface area (Å²) in [6, 6.07) is 6.02. The summed E-state index contributed by atoms with van der Waals surface area (Å²) in [6.07, 6.45) is 2.38. The second-order valence-corrected chi connectivity index (χ2v) is 6.54. The summed E-state index contributed by atoms with van der Waals surface area (Å²) < 4.78 is 24.5. The number of carbonyl (C=O) groups excluding carboxylic acids is 1. The Labute approximate surface area is 132 Å². The molecule has 1 aromatic carbocycles. The molecule has 4 nitrogen and oxygen atoms in total. The smallest absolute Gasteiger partial charge is 0.321 e. The maximum Gasteiger partial charge on any atom is 0.321 e. The van der Waals surface area contributed by atoms with Crippen LogP contribution in [0.1, 0.15) is 19.3 Å². The van der Waals surface area contributed by atoms with Gasteiger partial charge in [0.15, 0.2) is 0 Å². The molecule has 2 rings (SSSR count). The van der Waals surface area contributed by atoms with Gasteiger partial charge in [-0.3, -0.25) is 0 Å². The van der Waals surface area contributed by atoms with E-state index in [2.05, 4.69) is 5.32 Å². The van der Waals surface area contributed by atoms with Gasteiger partial charge in [0.25, 0.3) is 5.76 Å². The quantitative estimate of drug-likeness (QED) is 0.811. The summed E-state index contributed by atoms with van der Waals surface area (Å²) in [6.45, 7) is 0.506. The van der Waals surface area contributed by atoms with Crippen molar-refractivity contribution in [2.24, 2.45) is 5.92 Å². The van der Waals surface area contributed by atoms with Crippen LogP contribution in [-0.4, -0.2) is 41.5 Å². The zero-order chi connectivity index (χ0) is 16.1. The number of alkyl halides is 2. The van der Waals surface area contributed by atoms with E-state index in [4.69, 9.17) is 0 Å². The molecule has 2 amide bonds. The highest BCUT2D eigenvalue weighted by Crippen LogP contribution is 2.27. The SMILES string of the molecule is CN(C[C@@H]1CCC[C@@H]1O)C(=O)Nc1ccc(SC(F)F)cc1. The maximum atomic E-state index is 12.2. The van der Waals surface area contributed by atoms with Gasteiger partial charge in [0.1, 0.15) is 0 Å². The fraction of sp³-hybridized carbons (Fsp3) is 0.533. The molecule has 0 spiro atoms. The fourth-order valence-electron chi connectivity index (χ4n) is 2.60. The third-order valence-electron chi connectivity index (χ3n) is 3.80. The lowest BCUT2D eigenvalue weighted by Gasteiger charge is -2.23. The van der Waals surface area contributed by atoms with Gasteiger partial charge in [0.05, 0.1) is 6.10 Å². The lowest BCUT2D eigenvalue weighted by atomic mass is 10.1. The van der Waals surface area contributed by atoms with Gasteiger partial charge in [-0.1, -0.05) is 18.2 Å². The Morgan fingerprint density at radius 2 is 2.09 bits per heavy atom. The van der Waals surface area contributed by atoms with Gasteiger partial charge < -0.3 is 15.3 Å². The number of rotatable bonds is 5. The molecular weight excluding hydrogens is 310 g/mol. The summed E-state index contributed by atoms with van der Waals surface area (Å²) in [5.74, 6) is -2.33. The number of nitrogens with one attached hydrogen (secondary N) is 1. The van der Waals surface area contributed by atoms with Crippen LogP contribution >= 0.6 is 11.8 Å². The van der Waals surface area contributed by atoms with E-state index in [1.54, 1.807) is 36.2 Å². The van der Waals surface area contributed by atoms with Gasteiger partial charge in [-0.25, -0.2) is 4.79 Å². The third kappa shape index (κ3) is 4.84. The number of hydrogen-bond donors (Lipinski definition) is 2. The van der Waals surface area contributed by atoms with Crippen LogP contribution in [0.3, 0.4) is 0 Å². The average molecular weight is 330 g/mol. The van der Waals surface area contributed by atoms with E-state index >= 15 is 0 Å². The number of aliphatic hydroxyl groups excluding tert-OH is 1. The highest BCUT2D eigenvalue weighted by atomic mass is 32.2. The van der Waals surface area contributed by atoms with Crippen molar-refractivity contribution in [1.82, 2.24) is 4.90 Å². The van der Waals surface area contributed by atoms with E-state index in [0.717, 1.165) is 19.3 Å². The second-order valence-electron chi connectivity index (χ2n) is 5.47. The van der Waals surface area contributed by atoms with Crippen molar-refractivity contribution in [3.63, 3.8) is 0 Å². The molecule has 2 atom stereocenters. The van der Waals surface area contributed by atoms with Gasteiger partial charge in [0.2, 0.25) is 0 Å². The van der Waals surface area contributed by atoms with Gasteiger partial charge in [0, 0.05) is 30.1 Å². The normalized spacial score (nSPS) is 21.1. The lowest BCUT2D eigenvalue weighted by Crippen LogP contribution is -2.37. The van der Waals surface area contributed by atoms with Crippen molar-refractivity contribution in [2.45, 2.75) is 36.0 Å². The first-order chi connectivity index (χ1) is 10.5. The van der Waals surface area contributed by atoms with Gasteiger partial charge in [-0.15, -0.1) is 0 Å². The molecule has 0 aliphatic heterocycles. The van der Waals surface area contributed by atoms with Crippen molar-refractivity contribution < 1.29 is 18.7 Å². The number of aliphatic hydroxyl groups is 1. The van der Waals surface area contributed by atoms with Crippen molar-refractivity contribution in [3.8, 4) is 0 Å².